The molecule has 0 aromatic carbocycles. The lowest BCUT2D eigenvalue weighted by Gasteiger charge is -2.15. The molecule has 0 unspecified atom stereocenters. The topological polar surface area (TPSA) is 93.1 Å². The second kappa shape index (κ2) is 9.85. The van der Waals surface area contributed by atoms with Gasteiger partial charge in [0.25, 0.3) is 0 Å². The summed E-state index contributed by atoms with van der Waals surface area (Å²) in [5, 5.41) is 18.8. The minimum Gasteiger partial charge on any atom is -0.464 e. The summed E-state index contributed by atoms with van der Waals surface area (Å²) in [5.74, 6) is -2.02. The first-order valence-electron chi connectivity index (χ1n) is 6.24. The molecule has 0 aliphatic heterocycles. The Morgan fingerprint density at radius 2 is 1.22 bits per heavy atom. The molecule has 0 saturated carbocycles. The van der Waals surface area contributed by atoms with Crippen molar-refractivity contribution >= 4 is 11.9 Å². The Kier molecular flexibility index (Phi) is 9.22. The summed E-state index contributed by atoms with van der Waals surface area (Å²) in [4.78, 5) is 22.5. The molecule has 0 radical (unpaired) electrons. The lowest BCUT2D eigenvalue weighted by Crippen LogP contribution is -2.41. The predicted octanol–water partition coefficient (Wildman–Crippen LogP) is 0.395. The van der Waals surface area contributed by atoms with Gasteiger partial charge in [-0.25, -0.2) is 9.59 Å². The molecule has 18 heavy (non-hydrogen) atoms. The Balaban J connectivity index is 4.02. The fourth-order valence-electron chi connectivity index (χ4n) is 1.06. The molecule has 0 fully saturated rings. The fourth-order valence-corrected chi connectivity index (χ4v) is 1.06. The molecule has 106 valence electrons. The van der Waals surface area contributed by atoms with Crippen molar-refractivity contribution in [3.05, 3.63) is 0 Å². The number of aliphatic hydroxyl groups is 2. The number of esters is 2. The van der Waals surface area contributed by atoms with Gasteiger partial charge in [0.15, 0.2) is 12.2 Å². The molecule has 0 aromatic rings. The normalized spacial score (nSPS) is 13.8. The van der Waals surface area contributed by atoms with Gasteiger partial charge in [0.2, 0.25) is 0 Å². The number of ether oxygens (including phenoxy) is 2. The molecule has 0 rings (SSSR count). The van der Waals surface area contributed by atoms with Crippen LogP contribution in [0.5, 0.6) is 0 Å². The van der Waals surface area contributed by atoms with E-state index in [1.165, 1.54) is 0 Å². The van der Waals surface area contributed by atoms with Crippen LogP contribution in [-0.2, 0) is 19.1 Å². The van der Waals surface area contributed by atoms with Crippen molar-refractivity contribution in [1.29, 1.82) is 0 Å². The first kappa shape index (κ1) is 16.9. The molecule has 0 spiro atoms. The molecule has 0 saturated heterocycles. The first-order chi connectivity index (χ1) is 8.54. The summed E-state index contributed by atoms with van der Waals surface area (Å²) in [6.07, 6.45) is -0.784. The number of hydrogen-bond donors (Lipinski definition) is 2. The van der Waals surface area contributed by atoms with E-state index in [1.54, 1.807) is 0 Å². The number of hydrogen-bond acceptors (Lipinski definition) is 6. The maximum absolute atomic E-state index is 11.3. The van der Waals surface area contributed by atoms with Crippen LogP contribution in [0.2, 0.25) is 0 Å². The van der Waals surface area contributed by atoms with Gasteiger partial charge in [0, 0.05) is 0 Å². The van der Waals surface area contributed by atoms with E-state index >= 15 is 0 Å². The summed E-state index contributed by atoms with van der Waals surface area (Å²) in [5.41, 5.74) is 0. The van der Waals surface area contributed by atoms with Gasteiger partial charge in [-0.2, -0.15) is 0 Å². The Morgan fingerprint density at radius 3 is 1.50 bits per heavy atom. The van der Waals surface area contributed by atoms with Gasteiger partial charge < -0.3 is 19.7 Å². The van der Waals surface area contributed by atoms with E-state index < -0.39 is 24.1 Å². The van der Waals surface area contributed by atoms with Crippen LogP contribution < -0.4 is 0 Å². The average molecular weight is 262 g/mol. The molecule has 0 amide bonds. The van der Waals surface area contributed by atoms with Crippen LogP contribution in [0.1, 0.15) is 39.5 Å². The monoisotopic (exact) mass is 262 g/mol. The molecule has 6 heteroatoms. The SMILES string of the molecule is CCCCOC(=O)[C@@H](O)[C@H](O)C(=O)OCCCC. The van der Waals surface area contributed by atoms with Crippen LogP contribution in [0.4, 0.5) is 0 Å². The van der Waals surface area contributed by atoms with Crippen LogP contribution in [0.15, 0.2) is 0 Å². The Hall–Kier alpha value is -1.14. The Bertz CT molecular complexity index is 227. The third-order valence-corrected chi connectivity index (χ3v) is 2.27. The van der Waals surface area contributed by atoms with Gasteiger partial charge >= 0.3 is 11.9 Å². The highest BCUT2D eigenvalue weighted by atomic mass is 16.6. The second-order valence-corrected chi connectivity index (χ2v) is 3.93. The summed E-state index contributed by atoms with van der Waals surface area (Å²) >= 11 is 0. The number of aliphatic hydroxyl groups excluding tert-OH is 2. The molecule has 0 aliphatic carbocycles. The maximum Gasteiger partial charge on any atom is 0.338 e. The van der Waals surface area contributed by atoms with Crippen LogP contribution in [0.3, 0.4) is 0 Å². The highest BCUT2D eigenvalue weighted by molar-refractivity contribution is 5.85. The van der Waals surface area contributed by atoms with Gasteiger partial charge in [-0.05, 0) is 12.8 Å². The molecule has 2 N–H and O–H groups in total. The fraction of sp³-hybridized carbons (Fsp3) is 0.833. The number of unbranched alkanes of at least 4 members (excludes halogenated alkanes) is 2. The summed E-state index contributed by atoms with van der Waals surface area (Å²) in [6.45, 7) is 4.16. The number of rotatable bonds is 9. The van der Waals surface area contributed by atoms with Gasteiger partial charge in [-0.3, -0.25) is 0 Å². The lowest BCUT2D eigenvalue weighted by molar-refractivity contribution is -0.173. The summed E-state index contributed by atoms with van der Waals surface area (Å²) in [7, 11) is 0. The molecule has 0 aromatic heterocycles. The van der Waals surface area contributed by atoms with E-state index in [4.69, 9.17) is 0 Å². The van der Waals surface area contributed by atoms with E-state index in [1.807, 2.05) is 13.8 Å². The van der Waals surface area contributed by atoms with E-state index in [2.05, 4.69) is 9.47 Å². The van der Waals surface area contributed by atoms with E-state index in [9.17, 15) is 19.8 Å². The van der Waals surface area contributed by atoms with Crippen LogP contribution in [-0.4, -0.2) is 47.6 Å². The van der Waals surface area contributed by atoms with Crippen molar-refractivity contribution in [1.82, 2.24) is 0 Å². The summed E-state index contributed by atoms with van der Waals surface area (Å²) < 4.78 is 9.37. The molecule has 6 nitrogen and oxygen atoms in total. The van der Waals surface area contributed by atoms with Crippen LogP contribution in [0, 0.1) is 0 Å². The number of carbonyl (C=O) groups is 2. The standard InChI is InChI=1S/C12H22O6/c1-3-5-7-17-11(15)9(13)10(14)12(16)18-8-6-4-2/h9-10,13-14H,3-8H2,1-2H3/t9-,10-/m0/s1. The second-order valence-electron chi connectivity index (χ2n) is 3.93. The highest BCUT2D eigenvalue weighted by Gasteiger charge is 2.32. The van der Waals surface area contributed by atoms with Crippen molar-refractivity contribution in [3.8, 4) is 0 Å². The minimum absolute atomic E-state index is 0.157. The first-order valence-corrected chi connectivity index (χ1v) is 6.24. The largest absolute Gasteiger partial charge is 0.464 e. The van der Waals surface area contributed by atoms with Gasteiger partial charge in [-0.15, -0.1) is 0 Å². The van der Waals surface area contributed by atoms with Crippen LogP contribution in [0.25, 0.3) is 0 Å². The molecular weight excluding hydrogens is 240 g/mol. The lowest BCUT2D eigenvalue weighted by atomic mass is 10.2. The molecular formula is C12H22O6. The Labute approximate surface area is 107 Å². The van der Waals surface area contributed by atoms with Gasteiger partial charge in [-0.1, -0.05) is 26.7 Å². The van der Waals surface area contributed by atoms with Crippen molar-refractivity contribution in [2.45, 2.75) is 51.7 Å². The van der Waals surface area contributed by atoms with Crippen molar-refractivity contribution in [2.75, 3.05) is 13.2 Å². The Morgan fingerprint density at radius 1 is 0.889 bits per heavy atom. The number of carbonyl (C=O) groups excluding carboxylic acids is 2. The average Bonchev–Trinajstić information content (AvgIpc) is 2.37. The van der Waals surface area contributed by atoms with Crippen molar-refractivity contribution in [2.24, 2.45) is 0 Å². The van der Waals surface area contributed by atoms with Crippen molar-refractivity contribution in [3.63, 3.8) is 0 Å². The van der Waals surface area contributed by atoms with E-state index in [0.29, 0.717) is 12.8 Å². The van der Waals surface area contributed by atoms with Crippen LogP contribution >= 0.6 is 0 Å². The predicted molar refractivity (Wildman–Crippen MR) is 63.7 cm³/mol. The third kappa shape index (κ3) is 6.56. The van der Waals surface area contributed by atoms with Gasteiger partial charge in [0.1, 0.15) is 0 Å². The molecule has 0 aliphatic rings. The quantitative estimate of drug-likeness (QED) is 0.461. The van der Waals surface area contributed by atoms with E-state index in [0.717, 1.165) is 12.8 Å². The van der Waals surface area contributed by atoms with Gasteiger partial charge in [0.05, 0.1) is 13.2 Å². The molecule has 0 heterocycles. The molecule has 0 bridgehead atoms. The maximum atomic E-state index is 11.3. The van der Waals surface area contributed by atoms with Crippen molar-refractivity contribution < 1.29 is 29.3 Å². The van der Waals surface area contributed by atoms with E-state index in [-0.39, 0.29) is 13.2 Å². The summed E-state index contributed by atoms with van der Waals surface area (Å²) in [6, 6.07) is 0. The smallest absolute Gasteiger partial charge is 0.338 e. The highest BCUT2D eigenvalue weighted by Crippen LogP contribution is 2.02. The zero-order chi connectivity index (χ0) is 14.0. The molecule has 2 atom stereocenters. The zero-order valence-corrected chi connectivity index (χ0v) is 10.9. The minimum atomic E-state index is -1.89. The zero-order valence-electron chi connectivity index (χ0n) is 10.9. The third-order valence-electron chi connectivity index (χ3n) is 2.27.